The average Bonchev–Trinajstić information content (AvgIpc) is 3.10. The van der Waals surface area contributed by atoms with E-state index in [2.05, 4.69) is 16.1 Å². The average molecular weight is 370 g/mol. The van der Waals surface area contributed by atoms with Crippen LogP contribution in [0.4, 0.5) is 5.69 Å². The van der Waals surface area contributed by atoms with Crippen molar-refractivity contribution in [1.29, 1.82) is 0 Å². The van der Waals surface area contributed by atoms with Crippen LogP contribution in [0.25, 0.3) is 0 Å². The number of amides is 2. The van der Waals surface area contributed by atoms with Crippen molar-refractivity contribution in [1.82, 2.24) is 5.32 Å². The molecule has 1 aromatic carbocycles. The van der Waals surface area contributed by atoms with E-state index in [0.717, 1.165) is 19.3 Å². The molecule has 3 rings (SSSR count). The lowest BCUT2D eigenvalue weighted by atomic mass is 9.97. The molecule has 1 unspecified atom stereocenters. The third-order valence-electron chi connectivity index (χ3n) is 5.23. The Morgan fingerprint density at radius 3 is 2.67 bits per heavy atom. The van der Waals surface area contributed by atoms with Crippen molar-refractivity contribution >= 4 is 23.5 Å². The number of nitrogens with zero attached hydrogens (tertiary/aromatic N) is 1. The molecule has 1 heterocycles. The summed E-state index contributed by atoms with van der Waals surface area (Å²) in [7, 11) is 1.33. The molecule has 1 aliphatic carbocycles. The standard InChI is InChI=1S/C21H26N2O4/c1-27-21(26)16-7-9-18(10-8-16)23-14-17(13-19(23)24)20(25)22-12-11-15-5-3-2-4-6-15/h5,7-10,17H,2-4,6,11-14H2,1H3,(H,22,25). The van der Waals surface area contributed by atoms with E-state index in [-0.39, 0.29) is 24.2 Å². The number of nitrogens with one attached hydrogen (secondary N) is 1. The number of rotatable bonds is 6. The zero-order chi connectivity index (χ0) is 19.2. The topological polar surface area (TPSA) is 75.7 Å². The smallest absolute Gasteiger partial charge is 0.337 e. The molecular formula is C21H26N2O4. The van der Waals surface area contributed by atoms with Gasteiger partial charge in [-0.15, -0.1) is 0 Å². The van der Waals surface area contributed by atoms with Crippen molar-refractivity contribution in [2.75, 3.05) is 25.1 Å². The fourth-order valence-electron chi connectivity index (χ4n) is 3.65. The molecule has 1 fully saturated rings. The van der Waals surface area contributed by atoms with Crippen molar-refractivity contribution in [3.8, 4) is 0 Å². The van der Waals surface area contributed by atoms with Gasteiger partial charge in [-0.25, -0.2) is 4.79 Å². The summed E-state index contributed by atoms with van der Waals surface area (Å²) < 4.78 is 4.68. The Morgan fingerprint density at radius 1 is 1.22 bits per heavy atom. The minimum atomic E-state index is -0.417. The molecule has 2 aliphatic rings. The van der Waals surface area contributed by atoms with Crippen molar-refractivity contribution in [3.63, 3.8) is 0 Å². The van der Waals surface area contributed by atoms with Gasteiger partial charge < -0.3 is 15.0 Å². The predicted molar refractivity (Wildman–Crippen MR) is 102 cm³/mol. The molecular weight excluding hydrogens is 344 g/mol. The monoisotopic (exact) mass is 370 g/mol. The maximum Gasteiger partial charge on any atom is 0.337 e. The van der Waals surface area contributed by atoms with E-state index in [0.29, 0.717) is 24.3 Å². The molecule has 144 valence electrons. The van der Waals surface area contributed by atoms with Crippen LogP contribution in [0.5, 0.6) is 0 Å². The van der Waals surface area contributed by atoms with Gasteiger partial charge in [0.15, 0.2) is 0 Å². The molecule has 1 N–H and O–H groups in total. The first kappa shape index (κ1) is 19.1. The zero-order valence-corrected chi connectivity index (χ0v) is 15.7. The first-order valence-electron chi connectivity index (χ1n) is 9.53. The Balaban J connectivity index is 1.52. The van der Waals surface area contributed by atoms with Crippen LogP contribution < -0.4 is 10.2 Å². The predicted octanol–water partition coefficient (Wildman–Crippen LogP) is 2.83. The summed E-state index contributed by atoms with van der Waals surface area (Å²) in [5.74, 6) is -0.887. The lowest BCUT2D eigenvalue weighted by molar-refractivity contribution is -0.126. The minimum Gasteiger partial charge on any atom is -0.465 e. The number of anilines is 1. The highest BCUT2D eigenvalue weighted by atomic mass is 16.5. The van der Waals surface area contributed by atoms with E-state index in [1.807, 2.05) is 0 Å². The van der Waals surface area contributed by atoms with Gasteiger partial charge in [-0.05, 0) is 56.4 Å². The molecule has 1 saturated heterocycles. The second kappa shape index (κ2) is 8.84. The molecule has 2 amide bonds. The Kier molecular flexibility index (Phi) is 6.27. The molecule has 1 aromatic rings. The molecule has 0 bridgehead atoms. The van der Waals surface area contributed by atoms with Crippen LogP contribution in [0.2, 0.25) is 0 Å². The number of ether oxygens (including phenoxy) is 1. The first-order chi connectivity index (χ1) is 13.1. The molecule has 0 radical (unpaired) electrons. The second-order valence-corrected chi connectivity index (χ2v) is 7.09. The van der Waals surface area contributed by atoms with E-state index >= 15 is 0 Å². The number of hydrogen-bond acceptors (Lipinski definition) is 4. The Hall–Kier alpha value is -2.63. The van der Waals surface area contributed by atoms with Crippen molar-refractivity contribution in [2.45, 2.75) is 38.5 Å². The Labute approximate surface area is 159 Å². The third-order valence-corrected chi connectivity index (χ3v) is 5.23. The van der Waals surface area contributed by atoms with Crippen LogP contribution >= 0.6 is 0 Å². The van der Waals surface area contributed by atoms with Gasteiger partial charge >= 0.3 is 5.97 Å². The fraction of sp³-hybridized carbons (Fsp3) is 0.476. The van der Waals surface area contributed by atoms with Gasteiger partial charge in [0.25, 0.3) is 0 Å². The van der Waals surface area contributed by atoms with E-state index in [1.165, 1.54) is 25.5 Å². The van der Waals surface area contributed by atoms with Crippen molar-refractivity contribution < 1.29 is 19.1 Å². The second-order valence-electron chi connectivity index (χ2n) is 7.09. The summed E-state index contributed by atoms with van der Waals surface area (Å²) in [6, 6.07) is 6.67. The normalized spacial score (nSPS) is 19.6. The van der Waals surface area contributed by atoms with Gasteiger partial charge in [-0.3, -0.25) is 9.59 Å². The number of carbonyl (C=O) groups excluding carboxylic acids is 3. The summed E-state index contributed by atoms with van der Waals surface area (Å²) in [5, 5.41) is 2.98. The number of methoxy groups -OCH3 is 1. The van der Waals surface area contributed by atoms with Gasteiger partial charge in [-0.2, -0.15) is 0 Å². The summed E-state index contributed by atoms with van der Waals surface area (Å²) in [6.45, 7) is 0.994. The van der Waals surface area contributed by atoms with Gasteiger partial charge in [0.05, 0.1) is 18.6 Å². The Bertz CT molecular complexity index is 739. The molecule has 6 heteroatoms. The lowest BCUT2D eigenvalue weighted by Gasteiger charge is -2.17. The van der Waals surface area contributed by atoms with E-state index in [4.69, 9.17) is 0 Å². The minimum absolute atomic E-state index is 0.0616. The fourth-order valence-corrected chi connectivity index (χ4v) is 3.65. The molecule has 1 aliphatic heterocycles. The van der Waals surface area contributed by atoms with Crippen LogP contribution in [0.15, 0.2) is 35.9 Å². The van der Waals surface area contributed by atoms with E-state index < -0.39 is 5.97 Å². The molecule has 0 spiro atoms. The van der Waals surface area contributed by atoms with Gasteiger partial charge in [0.1, 0.15) is 0 Å². The molecule has 0 aromatic heterocycles. The third kappa shape index (κ3) is 4.76. The molecule has 27 heavy (non-hydrogen) atoms. The SMILES string of the molecule is COC(=O)c1ccc(N2CC(C(=O)NCCC3=CCCCC3)CC2=O)cc1. The zero-order valence-electron chi connectivity index (χ0n) is 15.7. The summed E-state index contributed by atoms with van der Waals surface area (Å²) in [6.07, 6.45) is 8.17. The van der Waals surface area contributed by atoms with Gasteiger partial charge in [0, 0.05) is 25.2 Å². The number of benzene rings is 1. The van der Waals surface area contributed by atoms with E-state index in [9.17, 15) is 14.4 Å². The van der Waals surface area contributed by atoms with Crippen LogP contribution in [-0.4, -0.2) is 38.0 Å². The van der Waals surface area contributed by atoms with Crippen LogP contribution in [0.3, 0.4) is 0 Å². The number of carbonyl (C=O) groups is 3. The highest BCUT2D eigenvalue weighted by Gasteiger charge is 2.35. The highest BCUT2D eigenvalue weighted by Crippen LogP contribution is 2.26. The first-order valence-corrected chi connectivity index (χ1v) is 9.53. The number of esters is 1. The summed E-state index contributed by atoms with van der Waals surface area (Å²) >= 11 is 0. The summed E-state index contributed by atoms with van der Waals surface area (Å²) in [4.78, 5) is 37.9. The van der Waals surface area contributed by atoms with E-state index in [1.54, 1.807) is 29.2 Å². The lowest BCUT2D eigenvalue weighted by Crippen LogP contribution is -2.33. The molecule has 0 saturated carbocycles. The maximum absolute atomic E-state index is 12.4. The quantitative estimate of drug-likeness (QED) is 0.617. The maximum atomic E-state index is 12.4. The largest absolute Gasteiger partial charge is 0.465 e. The number of allylic oxidation sites excluding steroid dienone is 1. The van der Waals surface area contributed by atoms with Crippen LogP contribution in [-0.2, 0) is 14.3 Å². The van der Waals surface area contributed by atoms with Crippen molar-refractivity contribution in [2.24, 2.45) is 5.92 Å². The van der Waals surface area contributed by atoms with Crippen LogP contribution in [0.1, 0.15) is 48.9 Å². The summed E-state index contributed by atoms with van der Waals surface area (Å²) in [5.41, 5.74) is 2.55. The van der Waals surface area contributed by atoms with Gasteiger partial charge in [-0.1, -0.05) is 11.6 Å². The van der Waals surface area contributed by atoms with Crippen molar-refractivity contribution in [3.05, 3.63) is 41.5 Å². The Morgan fingerprint density at radius 2 is 2.00 bits per heavy atom. The molecule has 1 atom stereocenters. The highest BCUT2D eigenvalue weighted by molar-refractivity contribution is 6.00. The van der Waals surface area contributed by atoms with Gasteiger partial charge in [0.2, 0.25) is 11.8 Å². The molecule has 6 nitrogen and oxygen atoms in total. The van der Waals surface area contributed by atoms with Crippen LogP contribution in [0, 0.1) is 5.92 Å². The number of hydrogen-bond donors (Lipinski definition) is 1.